The molecule has 0 saturated heterocycles. The van der Waals surface area contributed by atoms with Crippen LogP contribution in [0.4, 0.5) is 0 Å². The van der Waals surface area contributed by atoms with Crippen LogP contribution in [0.1, 0.15) is 20.7 Å². The Morgan fingerprint density at radius 1 is 0.543 bits per heavy atom. The van der Waals surface area contributed by atoms with Gasteiger partial charge in [0.2, 0.25) is 0 Å². The fourth-order valence-electron chi connectivity index (χ4n) is 5.46. The Morgan fingerprint density at radius 3 is 2.03 bits per heavy atom. The molecule has 0 atom stereocenters. The topological polar surface area (TPSA) is 42.3 Å². The highest BCUT2D eigenvalue weighted by Crippen LogP contribution is 2.39. The minimum absolute atomic E-state index is 0.258. The Bertz CT molecular complexity index is 1830. The van der Waals surface area contributed by atoms with Gasteiger partial charge in [-0.2, -0.15) is 0 Å². The number of aromatic nitrogens is 1. The van der Waals surface area contributed by atoms with Crippen LogP contribution < -0.4 is 0 Å². The van der Waals surface area contributed by atoms with Crippen molar-refractivity contribution in [2.75, 3.05) is 7.05 Å². The van der Waals surface area contributed by atoms with Gasteiger partial charge in [-0.3, -0.25) is 14.5 Å². The predicted octanol–water partition coefficient (Wildman–Crippen LogP) is 6.83. The summed E-state index contributed by atoms with van der Waals surface area (Å²) in [6.45, 7) is 0. The lowest BCUT2D eigenvalue weighted by atomic mass is 9.89. The van der Waals surface area contributed by atoms with E-state index in [0.29, 0.717) is 11.1 Å². The molecule has 0 unspecified atom stereocenters. The zero-order valence-electron chi connectivity index (χ0n) is 19.0. The molecule has 166 valence electrons. The summed E-state index contributed by atoms with van der Waals surface area (Å²) in [4.78, 5) is 26.8. The summed E-state index contributed by atoms with van der Waals surface area (Å²) in [5.74, 6) is -0.515. The van der Waals surface area contributed by atoms with E-state index >= 15 is 0 Å². The Morgan fingerprint density at radius 2 is 1.20 bits per heavy atom. The molecule has 1 aromatic heterocycles. The lowest BCUT2D eigenvalue weighted by Crippen LogP contribution is -2.36. The number of hydrogen-bond donors (Lipinski definition) is 0. The number of amides is 2. The lowest BCUT2D eigenvalue weighted by Gasteiger charge is -2.24. The van der Waals surface area contributed by atoms with Crippen LogP contribution in [-0.2, 0) is 0 Å². The van der Waals surface area contributed by atoms with E-state index < -0.39 is 0 Å². The molecular weight excluding hydrogens is 432 g/mol. The summed E-state index contributed by atoms with van der Waals surface area (Å²) in [5, 5.41) is 4.00. The van der Waals surface area contributed by atoms with Crippen molar-refractivity contribution in [1.29, 1.82) is 0 Å². The Kier molecular flexibility index (Phi) is 4.03. The van der Waals surface area contributed by atoms with Crippen molar-refractivity contribution >= 4 is 44.4 Å². The SMILES string of the molecule is CN1C(=O)c2cccc3c(-c4ccc5c(c4)c4ccccc4n5-c4ccccc4)ccc(c23)C1=O. The number of imide groups is 1. The van der Waals surface area contributed by atoms with Crippen LogP contribution in [0.25, 0.3) is 49.4 Å². The van der Waals surface area contributed by atoms with E-state index in [1.54, 1.807) is 6.07 Å². The second-order valence-corrected chi connectivity index (χ2v) is 8.98. The summed E-state index contributed by atoms with van der Waals surface area (Å²) < 4.78 is 2.29. The highest BCUT2D eigenvalue weighted by Gasteiger charge is 2.30. The van der Waals surface area contributed by atoms with Crippen molar-refractivity contribution in [3.63, 3.8) is 0 Å². The first kappa shape index (κ1) is 19.7. The molecule has 35 heavy (non-hydrogen) atoms. The Hall–Kier alpha value is -4.70. The van der Waals surface area contributed by atoms with Gasteiger partial charge >= 0.3 is 0 Å². The lowest BCUT2D eigenvalue weighted by molar-refractivity contribution is 0.0650. The van der Waals surface area contributed by atoms with Crippen molar-refractivity contribution in [2.45, 2.75) is 0 Å². The number of para-hydroxylation sites is 2. The molecule has 1 aliphatic rings. The molecule has 2 heterocycles. The van der Waals surface area contributed by atoms with E-state index in [0.717, 1.165) is 44.0 Å². The third-order valence-corrected chi connectivity index (χ3v) is 7.11. The maximum absolute atomic E-state index is 12.8. The maximum Gasteiger partial charge on any atom is 0.261 e. The van der Waals surface area contributed by atoms with Gasteiger partial charge in [-0.25, -0.2) is 0 Å². The molecule has 2 amide bonds. The van der Waals surface area contributed by atoms with Gasteiger partial charge in [0.05, 0.1) is 11.0 Å². The molecule has 4 nitrogen and oxygen atoms in total. The number of benzene rings is 5. The molecule has 0 bridgehead atoms. The van der Waals surface area contributed by atoms with Gasteiger partial charge in [-0.1, -0.05) is 60.7 Å². The Labute approximate surface area is 201 Å². The fourth-order valence-corrected chi connectivity index (χ4v) is 5.46. The maximum atomic E-state index is 12.8. The standard InChI is InChI=1S/C31H20N2O2/c1-32-30(34)24-12-7-11-23-21(15-16-25(29(23)24)31(32)35)19-14-17-28-26(18-19)22-10-5-6-13-27(22)33(28)20-8-3-2-4-9-20/h2-18H,1H3. The minimum Gasteiger partial charge on any atom is -0.309 e. The van der Waals surface area contributed by atoms with E-state index in [9.17, 15) is 9.59 Å². The number of nitrogens with zero attached hydrogens (tertiary/aromatic N) is 2. The van der Waals surface area contributed by atoms with Crippen molar-refractivity contribution in [1.82, 2.24) is 9.47 Å². The number of rotatable bonds is 2. The zero-order valence-corrected chi connectivity index (χ0v) is 19.0. The molecule has 0 saturated carbocycles. The van der Waals surface area contributed by atoms with Gasteiger partial charge in [0, 0.05) is 40.0 Å². The number of fused-ring (bicyclic) bond motifs is 3. The van der Waals surface area contributed by atoms with Crippen molar-refractivity contribution in [3.8, 4) is 16.8 Å². The highest BCUT2D eigenvalue weighted by molar-refractivity contribution is 6.27. The van der Waals surface area contributed by atoms with Crippen LogP contribution in [-0.4, -0.2) is 28.3 Å². The molecule has 1 aliphatic heterocycles. The quantitative estimate of drug-likeness (QED) is 0.270. The zero-order chi connectivity index (χ0) is 23.7. The molecule has 0 radical (unpaired) electrons. The van der Waals surface area contributed by atoms with Gasteiger partial charge < -0.3 is 4.57 Å². The second-order valence-electron chi connectivity index (χ2n) is 8.98. The van der Waals surface area contributed by atoms with Crippen LogP contribution in [0.15, 0.2) is 103 Å². The van der Waals surface area contributed by atoms with Gasteiger partial charge in [0.1, 0.15) is 0 Å². The molecule has 6 aromatic rings. The average Bonchev–Trinajstić information content (AvgIpc) is 3.24. The van der Waals surface area contributed by atoms with Crippen LogP contribution in [0, 0.1) is 0 Å². The number of hydrogen-bond acceptors (Lipinski definition) is 2. The molecule has 7 rings (SSSR count). The van der Waals surface area contributed by atoms with E-state index in [-0.39, 0.29) is 11.8 Å². The fraction of sp³-hybridized carbons (Fsp3) is 0.0323. The van der Waals surface area contributed by atoms with Crippen LogP contribution in [0.5, 0.6) is 0 Å². The van der Waals surface area contributed by atoms with E-state index in [4.69, 9.17) is 0 Å². The third kappa shape index (κ3) is 2.68. The predicted molar refractivity (Wildman–Crippen MR) is 140 cm³/mol. The number of carbonyl (C=O) groups is 2. The minimum atomic E-state index is -0.258. The summed E-state index contributed by atoms with van der Waals surface area (Å²) in [6.07, 6.45) is 0. The normalized spacial score (nSPS) is 13.3. The van der Waals surface area contributed by atoms with Crippen LogP contribution in [0.2, 0.25) is 0 Å². The van der Waals surface area contributed by atoms with Crippen LogP contribution >= 0.6 is 0 Å². The summed E-state index contributed by atoms with van der Waals surface area (Å²) in [5.41, 5.74) is 6.61. The first-order valence-electron chi connectivity index (χ1n) is 11.6. The number of carbonyl (C=O) groups excluding carboxylic acids is 2. The van der Waals surface area contributed by atoms with Crippen molar-refractivity contribution in [3.05, 3.63) is 114 Å². The Balaban J connectivity index is 1.52. The first-order valence-corrected chi connectivity index (χ1v) is 11.6. The molecule has 0 N–H and O–H groups in total. The molecule has 0 fully saturated rings. The largest absolute Gasteiger partial charge is 0.309 e. The van der Waals surface area contributed by atoms with Gasteiger partial charge in [0.15, 0.2) is 0 Å². The summed E-state index contributed by atoms with van der Waals surface area (Å²) in [7, 11) is 1.54. The smallest absolute Gasteiger partial charge is 0.261 e. The second kappa shape index (κ2) is 7.15. The molecule has 5 aromatic carbocycles. The molecular formula is C31H20N2O2. The molecule has 0 spiro atoms. The average molecular weight is 453 g/mol. The van der Waals surface area contributed by atoms with Gasteiger partial charge in [0.25, 0.3) is 11.8 Å². The monoisotopic (exact) mass is 452 g/mol. The summed E-state index contributed by atoms with van der Waals surface area (Å²) >= 11 is 0. The highest BCUT2D eigenvalue weighted by atomic mass is 16.2. The molecule has 4 heteroatoms. The summed E-state index contributed by atoms with van der Waals surface area (Å²) in [6, 6.07) is 34.9. The van der Waals surface area contributed by atoms with E-state index in [2.05, 4.69) is 71.3 Å². The molecule has 0 aliphatic carbocycles. The first-order chi connectivity index (χ1) is 17.1. The van der Waals surface area contributed by atoms with Crippen LogP contribution in [0.3, 0.4) is 0 Å². The van der Waals surface area contributed by atoms with E-state index in [1.165, 1.54) is 17.3 Å². The van der Waals surface area contributed by atoms with Gasteiger partial charge in [-0.15, -0.1) is 0 Å². The van der Waals surface area contributed by atoms with Crippen molar-refractivity contribution < 1.29 is 9.59 Å². The van der Waals surface area contributed by atoms with Gasteiger partial charge in [-0.05, 0) is 59.0 Å². The van der Waals surface area contributed by atoms with E-state index in [1.807, 2.05) is 30.3 Å². The van der Waals surface area contributed by atoms with Crippen molar-refractivity contribution in [2.24, 2.45) is 0 Å². The third-order valence-electron chi connectivity index (χ3n) is 7.11.